The number of imidazole rings is 2. The summed E-state index contributed by atoms with van der Waals surface area (Å²) in [6, 6.07) is 0. The normalized spacial score (nSPS) is 38.6. The third-order valence-corrected chi connectivity index (χ3v) is 10.3. The summed E-state index contributed by atoms with van der Waals surface area (Å²) in [6.45, 7) is -1.55. The third kappa shape index (κ3) is 4.69. The van der Waals surface area contributed by atoms with Gasteiger partial charge in [-0.05, 0) is 0 Å². The molecule has 10 atom stereocenters. The van der Waals surface area contributed by atoms with E-state index in [1.165, 1.54) is 15.5 Å². The first-order valence-corrected chi connectivity index (χ1v) is 15.7. The maximum atomic E-state index is 13.6. The molecule has 43 heavy (non-hydrogen) atoms. The van der Waals surface area contributed by atoms with Crippen molar-refractivity contribution in [1.29, 1.82) is 0 Å². The molecule has 7 heterocycles. The molecular weight excluding hydrogens is 620 g/mol. The van der Waals surface area contributed by atoms with Gasteiger partial charge in [-0.15, -0.1) is 0 Å². The summed E-state index contributed by atoms with van der Waals surface area (Å²) in [5.74, 6) is 0.0394. The molecule has 3 aliphatic rings. The van der Waals surface area contributed by atoms with E-state index in [4.69, 9.17) is 28.8 Å². The average Bonchev–Trinajstić information content (AvgIpc) is 3.71. The predicted molar refractivity (Wildman–Crippen MR) is 138 cm³/mol. The van der Waals surface area contributed by atoms with Gasteiger partial charge in [0.1, 0.15) is 48.0 Å². The zero-order valence-electron chi connectivity index (χ0n) is 21.5. The number of aromatic nitrogens is 8. The molecule has 3 fully saturated rings. The van der Waals surface area contributed by atoms with Crippen molar-refractivity contribution in [3.63, 3.8) is 0 Å². The highest BCUT2D eigenvalue weighted by Gasteiger charge is 2.57. The smallest absolute Gasteiger partial charge is 0.387 e. The Labute approximate surface area is 238 Å². The first-order valence-electron chi connectivity index (χ1n) is 12.6. The Hall–Kier alpha value is -3.20. The fourth-order valence-electron chi connectivity index (χ4n) is 5.42. The largest absolute Gasteiger partial charge is 0.472 e. The molecule has 3 aliphatic heterocycles. The minimum atomic E-state index is -5.05. The second-order valence-electron chi connectivity index (χ2n) is 9.93. The van der Waals surface area contributed by atoms with Gasteiger partial charge in [-0.3, -0.25) is 27.5 Å². The van der Waals surface area contributed by atoms with Crippen molar-refractivity contribution in [2.45, 2.75) is 48.6 Å². The molecule has 4 aromatic rings. The van der Waals surface area contributed by atoms with Gasteiger partial charge in [0, 0.05) is 0 Å². The van der Waals surface area contributed by atoms with Crippen LogP contribution in [0.4, 0.5) is 5.82 Å². The lowest BCUT2D eigenvalue weighted by Crippen LogP contribution is -2.39. The zero-order chi connectivity index (χ0) is 30.3. The maximum absolute atomic E-state index is 13.6. The number of nitrogen functional groups attached to an aromatic ring is 1. The monoisotopic (exact) mass is 643 g/mol. The van der Waals surface area contributed by atoms with Crippen LogP contribution in [-0.2, 0) is 32.2 Å². The molecule has 4 aromatic heterocycles. The number of ether oxygens (including phenoxy) is 2. The molecule has 0 spiro atoms. The van der Waals surface area contributed by atoms with E-state index in [1.54, 1.807) is 0 Å². The summed E-state index contributed by atoms with van der Waals surface area (Å²) in [6.07, 6.45) is -6.09. The number of nitrogens with zero attached hydrogens (tertiary/aromatic N) is 7. The summed E-state index contributed by atoms with van der Waals surface area (Å²) in [4.78, 5) is 56.2. The van der Waals surface area contributed by atoms with E-state index in [9.17, 15) is 33.9 Å². The number of nitrogens with two attached hydrogens (primary N) is 1. The van der Waals surface area contributed by atoms with Crippen molar-refractivity contribution >= 4 is 43.6 Å². The summed E-state index contributed by atoms with van der Waals surface area (Å²) < 4.78 is 56.7. The standard InChI is InChI=1S/C20H23N9O12P2/c21-15-9-16(23-3-22-15)29(5-26-9)20-13-11(30)7(39-20)1-37-42(33,34)14-8(2-38-43(35,36)41-13)40-19(12(14)31)28-6-27-10-17(28)24-4-25-18(10)32/h3-8,11-14,19-20,30-31H,1-2H2,(H,33,34)(H,35,36)(H2,21,22,23)(H,24,25,32)/t7?,8?,11-,12-,13-,14-,19?,20?/m1/s1. The van der Waals surface area contributed by atoms with Crippen LogP contribution in [0.1, 0.15) is 12.5 Å². The zero-order valence-corrected chi connectivity index (χ0v) is 23.3. The second kappa shape index (κ2) is 10.2. The number of phosphoric acid groups is 1. The van der Waals surface area contributed by atoms with Crippen LogP contribution in [0.2, 0.25) is 0 Å². The molecule has 0 amide bonds. The Morgan fingerprint density at radius 1 is 0.884 bits per heavy atom. The molecule has 7 N–H and O–H groups in total. The molecule has 0 aliphatic carbocycles. The van der Waals surface area contributed by atoms with Crippen molar-refractivity contribution in [1.82, 2.24) is 39.0 Å². The second-order valence-corrected chi connectivity index (χ2v) is 13.3. The van der Waals surface area contributed by atoms with Gasteiger partial charge in [-0.25, -0.2) is 29.5 Å². The Balaban J connectivity index is 1.22. The summed E-state index contributed by atoms with van der Waals surface area (Å²) >= 11 is 0. The van der Waals surface area contributed by atoms with Crippen LogP contribution in [0.15, 0.2) is 30.1 Å². The number of aliphatic hydroxyl groups is 2. The Kier molecular flexibility index (Phi) is 6.76. The third-order valence-electron chi connectivity index (χ3n) is 7.41. The number of H-pyrrole nitrogens is 1. The fraction of sp³-hybridized carbons (Fsp3) is 0.500. The first-order chi connectivity index (χ1) is 20.4. The van der Waals surface area contributed by atoms with Gasteiger partial charge < -0.3 is 44.7 Å². The minimum Gasteiger partial charge on any atom is -0.387 e. The van der Waals surface area contributed by atoms with E-state index in [2.05, 4.69) is 29.9 Å². The van der Waals surface area contributed by atoms with Crippen molar-refractivity contribution < 1.29 is 52.2 Å². The number of aliphatic hydroxyl groups excluding tert-OH is 2. The molecule has 230 valence electrons. The fourth-order valence-corrected chi connectivity index (χ4v) is 7.99. The van der Waals surface area contributed by atoms with Crippen LogP contribution in [0.3, 0.4) is 0 Å². The molecular formula is C20H23N9O12P2. The molecule has 23 heteroatoms. The Morgan fingerprint density at radius 2 is 1.56 bits per heavy atom. The maximum Gasteiger partial charge on any atom is 0.472 e. The lowest BCUT2D eigenvalue weighted by Gasteiger charge is -2.28. The Morgan fingerprint density at radius 3 is 2.35 bits per heavy atom. The van der Waals surface area contributed by atoms with Crippen LogP contribution in [0.5, 0.6) is 0 Å². The predicted octanol–water partition coefficient (Wildman–Crippen LogP) is -1.86. The van der Waals surface area contributed by atoms with E-state index in [1.807, 2.05) is 0 Å². The number of fused-ring (bicyclic) bond motifs is 5. The highest BCUT2D eigenvalue weighted by Crippen LogP contribution is 2.58. The molecule has 0 aromatic carbocycles. The summed E-state index contributed by atoms with van der Waals surface area (Å²) in [5.41, 5.74) is 3.76. The van der Waals surface area contributed by atoms with Gasteiger partial charge in [0.2, 0.25) is 0 Å². The summed E-state index contributed by atoms with van der Waals surface area (Å²) in [5, 5.41) is 22.2. The lowest BCUT2D eigenvalue weighted by atomic mass is 10.1. The first kappa shape index (κ1) is 28.6. The molecule has 6 unspecified atom stereocenters. The van der Waals surface area contributed by atoms with E-state index >= 15 is 0 Å². The number of rotatable bonds is 2. The van der Waals surface area contributed by atoms with Crippen LogP contribution >= 0.6 is 15.4 Å². The van der Waals surface area contributed by atoms with E-state index in [0.717, 1.165) is 19.0 Å². The van der Waals surface area contributed by atoms with Crippen molar-refractivity contribution in [2.24, 2.45) is 0 Å². The average molecular weight is 643 g/mol. The van der Waals surface area contributed by atoms with Gasteiger partial charge in [0.15, 0.2) is 35.1 Å². The van der Waals surface area contributed by atoms with Gasteiger partial charge in [0.05, 0.1) is 32.2 Å². The van der Waals surface area contributed by atoms with Crippen molar-refractivity contribution in [3.8, 4) is 0 Å². The lowest BCUT2D eigenvalue weighted by molar-refractivity contribution is -0.0573. The molecule has 21 nitrogen and oxygen atoms in total. The van der Waals surface area contributed by atoms with Crippen molar-refractivity contribution in [3.05, 3.63) is 35.7 Å². The van der Waals surface area contributed by atoms with Crippen LogP contribution in [0, 0.1) is 0 Å². The number of hydrogen-bond acceptors (Lipinski definition) is 16. The van der Waals surface area contributed by atoms with Crippen molar-refractivity contribution in [2.75, 3.05) is 18.9 Å². The van der Waals surface area contributed by atoms with Gasteiger partial charge in [0.25, 0.3) is 5.56 Å². The van der Waals surface area contributed by atoms with Crippen LogP contribution in [-0.4, -0.2) is 108 Å². The molecule has 0 radical (unpaired) electrons. The number of phosphoric ester groups is 1. The number of hydrogen-bond donors (Lipinski definition) is 6. The quantitative estimate of drug-likeness (QED) is 0.131. The van der Waals surface area contributed by atoms with Crippen LogP contribution < -0.4 is 11.3 Å². The summed E-state index contributed by atoms with van der Waals surface area (Å²) in [7, 11) is -9.92. The molecule has 2 bridgehead atoms. The van der Waals surface area contributed by atoms with E-state index in [0.29, 0.717) is 0 Å². The molecule has 7 rings (SSSR count). The van der Waals surface area contributed by atoms with E-state index < -0.39 is 82.8 Å². The Bertz CT molecular complexity index is 1870. The number of nitrogens with one attached hydrogen (secondary N) is 1. The molecule has 3 saturated heterocycles. The van der Waals surface area contributed by atoms with E-state index in [-0.39, 0.29) is 28.1 Å². The van der Waals surface area contributed by atoms with Crippen LogP contribution in [0.25, 0.3) is 22.3 Å². The number of aromatic amines is 1. The highest BCUT2D eigenvalue weighted by molar-refractivity contribution is 7.53. The minimum absolute atomic E-state index is 0.00480. The molecule has 0 saturated carbocycles. The SMILES string of the molecule is Nc1ncnc2c1ncn2C1OC2COP(=O)(O)[C@@H]3C(COP(=O)(O)O[C@@H]1[C@@H]2O)OC(n1cnc2c(=O)[nH]cnc21)[C@@H]3O. The number of anilines is 1. The van der Waals surface area contributed by atoms with Gasteiger partial charge >= 0.3 is 15.4 Å². The topological polar surface area (TPSA) is 294 Å². The highest BCUT2D eigenvalue weighted by atomic mass is 31.2. The van der Waals surface area contributed by atoms with Gasteiger partial charge in [-0.2, -0.15) is 0 Å². The van der Waals surface area contributed by atoms with Gasteiger partial charge in [-0.1, -0.05) is 0 Å².